The highest BCUT2D eigenvalue weighted by atomic mass is 35.5. The molecule has 0 fully saturated rings. The third-order valence-electron chi connectivity index (χ3n) is 4.81. The summed E-state index contributed by atoms with van der Waals surface area (Å²) < 4.78 is 7.88. The first-order chi connectivity index (χ1) is 14.6. The maximum Gasteiger partial charge on any atom is 0.208 e. The van der Waals surface area contributed by atoms with Gasteiger partial charge in [0, 0.05) is 19.3 Å². The SMILES string of the molecule is Cn1c(Nc2c[nH]c3ccc(Cl)nc23)nc2ccc(Oc3ccc(C#N)cc3)cc21. The average Bonchev–Trinajstić information content (AvgIpc) is 3.29. The van der Waals surface area contributed by atoms with E-state index in [1.165, 1.54) is 0 Å². The summed E-state index contributed by atoms with van der Waals surface area (Å²) in [6.45, 7) is 0. The summed E-state index contributed by atoms with van der Waals surface area (Å²) in [5, 5.41) is 12.7. The molecular weight excluding hydrogens is 400 g/mol. The van der Waals surface area contributed by atoms with Gasteiger partial charge >= 0.3 is 0 Å². The van der Waals surface area contributed by atoms with Crippen LogP contribution in [0.2, 0.25) is 5.15 Å². The van der Waals surface area contributed by atoms with Crippen molar-refractivity contribution in [2.45, 2.75) is 0 Å². The Morgan fingerprint density at radius 2 is 1.87 bits per heavy atom. The lowest BCUT2D eigenvalue weighted by Gasteiger charge is -2.07. The summed E-state index contributed by atoms with van der Waals surface area (Å²) in [6.07, 6.45) is 1.84. The largest absolute Gasteiger partial charge is 0.457 e. The lowest BCUT2D eigenvalue weighted by molar-refractivity contribution is 0.483. The van der Waals surface area contributed by atoms with Gasteiger partial charge in [-0.3, -0.25) is 0 Å². The standard InChI is InChI=1S/C22H15ClN6O/c1-29-19-10-15(30-14-4-2-13(11-24)3-5-14)6-7-16(19)26-22(29)27-18-12-25-17-8-9-20(23)28-21(17)18/h2-10,12,25H,1H3,(H,26,27). The fraction of sp³-hybridized carbons (Fsp3) is 0.0455. The minimum Gasteiger partial charge on any atom is -0.457 e. The molecule has 5 aromatic rings. The van der Waals surface area contributed by atoms with E-state index < -0.39 is 0 Å². The van der Waals surface area contributed by atoms with Crippen molar-refractivity contribution in [2.75, 3.05) is 5.32 Å². The number of ether oxygens (including phenoxy) is 1. The number of nitrogens with zero attached hydrogens (tertiary/aromatic N) is 4. The summed E-state index contributed by atoms with van der Waals surface area (Å²) in [5.74, 6) is 2.01. The normalized spacial score (nSPS) is 11.0. The first-order valence-corrected chi connectivity index (χ1v) is 9.54. The lowest BCUT2D eigenvalue weighted by atomic mass is 10.2. The third-order valence-corrected chi connectivity index (χ3v) is 5.02. The molecule has 0 aliphatic rings. The fourth-order valence-corrected chi connectivity index (χ4v) is 3.42. The Balaban J connectivity index is 1.46. The molecule has 7 nitrogen and oxygen atoms in total. The van der Waals surface area contributed by atoms with E-state index in [9.17, 15) is 0 Å². The fourth-order valence-electron chi connectivity index (χ4n) is 3.27. The highest BCUT2D eigenvalue weighted by Crippen LogP contribution is 2.30. The number of hydrogen-bond donors (Lipinski definition) is 2. The molecule has 0 aliphatic carbocycles. The summed E-state index contributed by atoms with van der Waals surface area (Å²) in [4.78, 5) is 12.2. The molecule has 0 radical (unpaired) electrons. The van der Waals surface area contributed by atoms with Crippen LogP contribution in [0.25, 0.3) is 22.1 Å². The zero-order chi connectivity index (χ0) is 20.7. The van der Waals surface area contributed by atoms with E-state index in [2.05, 4.69) is 26.3 Å². The van der Waals surface area contributed by atoms with Gasteiger partial charge < -0.3 is 19.6 Å². The summed E-state index contributed by atoms with van der Waals surface area (Å²) in [5.41, 5.74) is 4.76. The van der Waals surface area contributed by atoms with E-state index in [-0.39, 0.29) is 0 Å². The van der Waals surface area contributed by atoms with Crippen LogP contribution >= 0.6 is 11.6 Å². The summed E-state index contributed by atoms with van der Waals surface area (Å²) in [6, 6.07) is 18.4. The topological polar surface area (TPSA) is 91.6 Å². The molecule has 0 saturated carbocycles. The van der Waals surface area contributed by atoms with Crippen molar-refractivity contribution in [1.29, 1.82) is 5.26 Å². The second-order valence-electron chi connectivity index (χ2n) is 6.74. The molecule has 0 aliphatic heterocycles. The maximum atomic E-state index is 8.91. The smallest absolute Gasteiger partial charge is 0.208 e. The summed E-state index contributed by atoms with van der Waals surface area (Å²) in [7, 11) is 1.93. The Hall–Kier alpha value is -4.02. The molecule has 0 amide bonds. The predicted molar refractivity (Wildman–Crippen MR) is 116 cm³/mol. The van der Waals surface area contributed by atoms with Gasteiger partial charge in [-0.1, -0.05) is 11.6 Å². The minimum atomic E-state index is 0.430. The minimum absolute atomic E-state index is 0.430. The molecule has 146 valence electrons. The molecule has 0 saturated heterocycles. The zero-order valence-electron chi connectivity index (χ0n) is 15.8. The van der Waals surface area contributed by atoms with E-state index in [1.807, 2.05) is 42.1 Å². The van der Waals surface area contributed by atoms with Gasteiger partial charge in [-0.05, 0) is 48.5 Å². The quantitative estimate of drug-likeness (QED) is 0.378. The molecule has 2 N–H and O–H groups in total. The van der Waals surface area contributed by atoms with Crippen LogP contribution in [0.1, 0.15) is 5.56 Å². The second-order valence-corrected chi connectivity index (χ2v) is 7.13. The van der Waals surface area contributed by atoms with Crippen molar-refractivity contribution < 1.29 is 4.74 Å². The maximum absolute atomic E-state index is 8.91. The number of aromatic amines is 1. The Kier molecular flexibility index (Phi) is 4.27. The molecule has 0 bridgehead atoms. The molecule has 2 aromatic carbocycles. The first-order valence-electron chi connectivity index (χ1n) is 9.16. The third kappa shape index (κ3) is 3.19. The van der Waals surface area contributed by atoms with Gasteiger partial charge in [0.1, 0.15) is 22.2 Å². The Labute approximate surface area is 176 Å². The van der Waals surface area contributed by atoms with Crippen molar-refractivity contribution >= 4 is 45.3 Å². The van der Waals surface area contributed by atoms with Crippen LogP contribution in [0, 0.1) is 11.3 Å². The van der Waals surface area contributed by atoms with Crippen LogP contribution in [0.3, 0.4) is 0 Å². The molecule has 0 unspecified atom stereocenters. The average molecular weight is 415 g/mol. The number of aryl methyl sites for hydroxylation is 1. The van der Waals surface area contributed by atoms with Crippen LogP contribution in [0.4, 0.5) is 11.6 Å². The van der Waals surface area contributed by atoms with E-state index >= 15 is 0 Å². The Morgan fingerprint density at radius 3 is 2.67 bits per heavy atom. The van der Waals surface area contributed by atoms with Crippen LogP contribution in [-0.4, -0.2) is 19.5 Å². The van der Waals surface area contributed by atoms with Crippen molar-refractivity contribution in [3.8, 4) is 17.6 Å². The molecule has 8 heteroatoms. The number of halogens is 1. The summed E-state index contributed by atoms with van der Waals surface area (Å²) >= 11 is 6.04. The van der Waals surface area contributed by atoms with Crippen molar-refractivity contribution in [3.63, 3.8) is 0 Å². The zero-order valence-corrected chi connectivity index (χ0v) is 16.6. The number of pyridine rings is 1. The van der Waals surface area contributed by atoms with E-state index in [0.29, 0.717) is 28.2 Å². The number of fused-ring (bicyclic) bond motifs is 2. The number of H-pyrrole nitrogens is 1. The molecule has 0 atom stereocenters. The Bertz CT molecular complexity index is 1430. The lowest BCUT2D eigenvalue weighted by Crippen LogP contribution is -1.99. The van der Waals surface area contributed by atoms with E-state index in [1.54, 1.807) is 30.3 Å². The molecule has 5 rings (SSSR count). The van der Waals surface area contributed by atoms with Crippen molar-refractivity contribution in [1.82, 2.24) is 19.5 Å². The van der Waals surface area contributed by atoms with Crippen LogP contribution in [-0.2, 0) is 7.05 Å². The van der Waals surface area contributed by atoms with Gasteiger partial charge in [0.15, 0.2) is 0 Å². The predicted octanol–water partition coefficient (Wildman–Crippen LogP) is 5.51. The second kappa shape index (κ2) is 7.10. The van der Waals surface area contributed by atoms with Gasteiger partial charge in [0.2, 0.25) is 5.95 Å². The van der Waals surface area contributed by atoms with Gasteiger partial charge in [0.05, 0.1) is 33.9 Å². The number of anilines is 2. The van der Waals surface area contributed by atoms with Gasteiger partial charge in [-0.2, -0.15) is 5.26 Å². The van der Waals surface area contributed by atoms with Gasteiger partial charge in [0.25, 0.3) is 0 Å². The van der Waals surface area contributed by atoms with Crippen LogP contribution in [0.15, 0.2) is 60.8 Å². The molecule has 3 heterocycles. The number of rotatable bonds is 4. The van der Waals surface area contributed by atoms with Gasteiger partial charge in [-0.25, -0.2) is 9.97 Å². The molecule has 0 spiro atoms. The number of aromatic nitrogens is 4. The molecule has 3 aromatic heterocycles. The first kappa shape index (κ1) is 18.0. The van der Waals surface area contributed by atoms with E-state index in [0.717, 1.165) is 27.8 Å². The number of benzene rings is 2. The van der Waals surface area contributed by atoms with E-state index in [4.69, 9.17) is 21.6 Å². The highest BCUT2D eigenvalue weighted by Gasteiger charge is 2.13. The highest BCUT2D eigenvalue weighted by molar-refractivity contribution is 6.29. The number of imidazole rings is 1. The number of nitriles is 1. The molecule has 30 heavy (non-hydrogen) atoms. The Morgan fingerprint density at radius 1 is 1.07 bits per heavy atom. The van der Waals surface area contributed by atoms with Gasteiger partial charge in [-0.15, -0.1) is 0 Å². The number of hydrogen-bond acceptors (Lipinski definition) is 5. The van der Waals surface area contributed by atoms with Crippen molar-refractivity contribution in [3.05, 3.63) is 71.5 Å². The van der Waals surface area contributed by atoms with Crippen molar-refractivity contribution in [2.24, 2.45) is 7.05 Å². The van der Waals surface area contributed by atoms with Crippen LogP contribution in [0.5, 0.6) is 11.5 Å². The number of nitrogens with one attached hydrogen (secondary N) is 2. The molecular formula is C22H15ClN6O. The van der Waals surface area contributed by atoms with Crippen LogP contribution < -0.4 is 10.1 Å². The monoisotopic (exact) mass is 414 g/mol.